The molecule has 1 aliphatic rings. The van der Waals surface area contributed by atoms with Crippen LogP contribution in [0.5, 0.6) is 11.5 Å². The van der Waals surface area contributed by atoms with Crippen molar-refractivity contribution in [2.75, 3.05) is 39.2 Å². The van der Waals surface area contributed by atoms with Crippen molar-refractivity contribution in [1.29, 1.82) is 0 Å². The zero-order valence-corrected chi connectivity index (χ0v) is 19.0. The lowest BCUT2D eigenvalue weighted by molar-refractivity contribution is 0.157. The molecular formula is C23H27ClFN5O2. The molecule has 0 saturated carbocycles. The fourth-order valence-electron chi connectivity index (χ4n) is 3.71. The first-order valence-electron chi connectivity index (χ1n) is 10.6. The van der Waals surface area contributed by atoms with Crippen LogP contribution in [0.3, 0.4) is 0 Å². The Morgan fingerprint density at radius 1 is 1.22 bits per heavy atom. The van der Waals surface area contributed by atoms with Crippen molar-refractivity contribution in [2.24, 2.45) is 5.92 Å². The van der Waals surface area contributed by atoms with E-state index >= 15 is 0 Å². The Hall–Kier alpha value is -2.84. The molecule has 9 heteroatoms. The maximum absolute atomic E-state index is 13.9. The van der Waals surface area contributed by atoms with Gasteiger partial charge < -0.3 is 19.7 Å². The molecule has 3 aromatic rings. The van der Waals surface area contributed by atoms with Gasteiger partial charge in [-0.25, -0.2) is 9.49 Å². The highest BCUT2D eigenvalue weighted by Crippen LogP contribution is 2.32. The molecule has 0 aliphatic carbocycles. The van der Waals surface area contributed by atoms with Crippen molar-refractivity contribution in [3.05, 3.63) is 52.8 Å². The van der Waals surface area contributed by atoms with Crippen LogP contribution in [0, 0.1) is 11.7 Å². The topological polar surface area (TPSA) is 75.3 Å². The smallest absolute Gasteiger partial charge is 0.219 e. The van der Waals surface area contributed by atoms with Gasteiger partial charge in [0.25, 0.3) is 0 Å². The summed E-state index contributed by atoms with van der Waals surface area (Å²) in [5, 5.41) is 10.5. The third-order valence-corrected chi connectivity index (χ3v) is 6.07. The largest absolute Gasteiger partial charge is 0.493 e. The summed E-state index contributed by atoms with van der Waals surface area (Å²) in [6, 6.07) is 10.2. The number of hydrogen-bond donors (Lipinski definition) is 2. The van der Waals surface area contributed by atoms with Crippen LogP contribution in [-0.4, -0.2) is 53.9 Å². The predicted octanol–water partition coefficient (Wildman–Crippen LogP) is 4.61. The number of nitrogens with one attached hydrogen (secondary N) is 2. The number of aromatic nitrogens is 3. The molecule has 0 bridgehead atoms. The first-order chi connectivity index (χ1) is 15.5. The van der Waals surface area contributed by atoms with Crippen LogP contribution in [0.1, 0.15) is 18.4 Å². The number of hydrogen-bond acceptors (Lipinski definition) is 6. The van der Waals surface area contributed by atoms with E-state index in [0.717, 1.165) is 31.5 Å². The summed E-state index contributed by atoms with van der Waals surface area (Å²) >= 11 is 6.07. The number of nitrogens with zero attached hydrogens (tertiary/aromatic N) is 3. The molecule has 170 valence electrons. The molecule has 1 aromatic heterocycles. The third kappa shape index (κ3) is 5.31. The van der Waals surface area contributed by atoms with Crippen molar-refractivity contribution >= 4 is 17.5 Å². The fraction of sp³-hybridized carbons (Fsp3) is 0.391. The molecule has 0 unspecified atom stereocenters. The molecule has 0 spiro atoms. The number of H-pyrrole nitrogens is 1. The summed E-state index contributed by atoms with van der Waals surface area (Å²) in [5.41, 5.74) is 1.15. The minimum Gasteiger partial charge on any atom is -0.493 e. The highest BCUT2D eigenvalue weighted by molar-refractivity contribution is 6.31. The number of halogens is 2. The second-order valence-electron chi connectivity index (χ2n) is 7.98. The molecule has 4 rings (SSSR count). The third-order valence-electron chi connectivity index (χ3n) is 5.71. The number of piperidine rings is 1. The normalized spacial score (nSPS) is 15.0. The number of aromatic amines is 1. The number of likely N-dealkylation sites (tertiary alicyclic amines) is 1. The number of ether oxygens (including phenoxy) is 2. The van der Waals surface area contributed by atoms with Crippen molar-refractivity contribution < 1.29 is 13.9 Å². The van der Waals surface area contributed by atoms with Gasteiger partial charge in [0, 0.05) is 22.7 Å². The standard InChI is InChI=1S/C23H27ClFN5O2/c1-30-10-8-15(9-11-30)14-32-20-7-6-16(12-21(20)31-2)22-27-23(29-28-22)26-13-17-18(24)4-3-5-19(17)25/h3-7,12,15H,8-11,13-14H2,1-2H3,(H2,26,27,28,29). The zero-order chi connectivity index (χ0) is 22.5. The summed E-state index contributed by atoms with van der Waals surface area (Å²) in [6.07, 6.45) is 2.28. The number of benzene rings is 2. The van der Waals surface area contributed by atoms with E-state index < -0.39 is 0 Å². The molecule has 32 heavy (non-hydrogen) atoms. The minimum absolute atomic E-state index is 0.188. The summed E-state index contributed by atoms with van der Waals surface area (Å²) in [6.45, 7) is 3.08. The van der Waals surface area contributed by atoms with E-state index in [9.17, 15) is 4.39 Å². The Balaban J connectivity index is 1.40. The van der Waals surface area contributed by atoms with E-state index in [1.807, 2.05) is 18.2 Å². The van der Waals surface area contributed by atoms with Gasteiger partial charge in [0.05, 0.1) is 13.7 Å². The molecule has 2 heterocycles. The van der Waals surface area contributed by atoms with E-state index in [4.69, 9.17) is 21.1 Å². The number of rotatable bonds is 8. The van der Waals surface area contributed by atoms with Gasteiger partial charge in [0.2, 0.25) is 5.95 Å². The molecule has 0 atom stereocenters. The summed E-state index contributed by atoms with van der Waals surface area (Å²) in [5.74, 6) is 2.43. The van der Waals surface area contributed by atoms with E-state index in [-0.39, 0.29) is 12.4 Å². The van der Waals surface area contributed by atoms with Crippen molar-refractivity contribution in [3.63, 3.8) is 0 Å². The molecule has 1 fully saturated rings. The Kier molecular flexibility index (Phi) is 7.12. The SMILES string of the molecule is COc1cc(-c2n[nH]c(NCc3c(F)cccc3Cl)n2)ccc1OCC1CCN(C)CC1. The van der Waals surface area contributed by atoms with E-state index in [1.54, 1.807) is 19.2 Å². The zero-order valence-electron chi connectivity index (χ0n) is 18.2. The summed E-state index contributed by atoms with van der Waals surface area (Å²) in [4.78, 5) is 6.79. The van der Waals surface area contributed by atoms with Crippen LogP contribution >= 0.6 is 11.6 Å². The molecule has 0 amide bonds. The van der Waals surface area contributed by atoms with E-state index in [1.165, 1.54) is 6.07 Å². The van der Waals surface area contributed by atoms with Crippen LogP contribution in [0.4, 0.5) is 10.3 Å². The quantitative estimate of drug-likeness (QED) is 0.512. The van der Waals surface area contributed by atoms with Crippen LogP contribution < -0.4 is 14.8 Å². The summed E-state index contributed by atoms with van der Waals surface area (Å²) in [7, 11) is 3.77. The second kappa shape index (κ2) is 10.2. The number of anilines is 1. The molecule has 1 aliphatic heterocycles. The Bertz CT molecular complexity index is 1030. The molecular weight excluding hydrogens is 433 g/mol. The van der Waals surface area contributed by atoms with E-state index in [2.05, 4.69) is 32.4 Å². The Morgan fingerprint density at radius 3 is 2.78 bits per heavy atom. The molecule has 1 saturated heterocycles. The highest BCUT2D eigenvalue weighted by Gasteiger charge is 2.18. The van der Waals surface area contributed by atoms with Crippen LogP contribution in [0.25, 0.3) is 11.4 Å². The lowest BCUT2D eigenvalue weighted by Crippen LogP contribution is -2.32. The maximum Gasteiger partial charge on any atom is 0.219 e. The van der Waals surface area contributed by atoms with Crippen LogP contribution in [0.2, 0.25) is 5.02 Å². The summed E-state index contributed by atoms with van der Waals surface area (Å²) < 4.78 is 25.5. The van der Waals surface area contributed by atoms with Crippen molar-refractivity contribution in [2.45, 2.75) is 19.4 Å². The van der Waals surface area contributed by atoms with Gasteiger partial charge in [-0.1, -0.05) is 17.7 Å². The van der Waals surface area contributed by atoms with Gasteiger partial charge in [-0.2, -0.15) is 10.1 Å². The molecule has 0 radical (unpaired) electrons. The van der Waals surface area contributed by atoms with E-state index in [0.29, 0.717) is 46.4 Å². The van der Waals surface area contributed by atoms with Gasteiger partial charge in [0.1, 0.15) is 5.82 Å². The molecule has 2 aromatic carbocycles. The second-order valence-corrected chi connectivity index (χ2v) is 8.39. The number of methoxy groups -OCH3 is 1. The predicted molar refractivity (Wildman–Crippen MR) is 123 cm³/mol. The minimum atomic E-state index is -0.370. The average Bonchev–Trinajstić information content (AvgIpc) is 3.27. The van der Waals surface area contributed by atoms with Gasteiger partial charge in [-0.3, -0.25) is 0 Å². The van der Waals surface area contributed by atoms with Gasteiger partial charge in [-0.15, -0.1) is 0 Å². The van der Waals surface area contributed by atoms with Gasteiger partial charge in [0.15, 0.2) is 17.3 Å². The monoisotopic (exact) mass is 459 g/mol. The highest BCUT2D eigenvalue weighted by atomic mass is 35.5. The first kappa shape index (κ1) is 22.4. The fourth-order valence-corrected chi connectivity index (χ4v) is 3.94. The van der Waals surface area contributed by atoms with Crippen molar-refractivity contribution in [1.82, 2.24) is 20.1 Å². The van der Waals surface area contributed by atoms with Crippen LogP contribution in [-0.2, 0) is 6.54 Å². The molecule has 2 N–H and O–H groups in total. The Labute approximate surface area is 191 Å². The lowest BCUT2D eigenvalue weighted by atomic mass is 9.98. The van der Waals surface area contributed by atoms with Gasteiger partial charge in [-0.05, 0) is 69.2 Å². The lowest BCUT2D eigenvalue weighted by Gasteiger charge is -2.28. The van der Waals surface area contributed by atoms with Crippen molar-refractivity contribution in [3.8, 4) is 22.9 Å². The maximum atomic E-state index is 13.9. The van der Waals surface area contributed by atoms with Crippen LogP contribution in [0.15, 0.2) is 36.4 Å². The average molecular weight is 460 g/mol. The molecule has 7 nitrogen and oxygen atoms in total. The Morgan fingerprint density at radius 2 is 2.03 bits per heavy atom. The first-order valence-corrected chi connectivity index (χ1v) is 11.0. The van der Waals surface area contributed by atoms with Gasteiger partial charge >= 0.3 is 0 Å².